The van der Waals surface area contributed by atoms with Crippen LogP contribution in [0.3, 0.4) is 0 Å². The Hall–Kier alpha value is -1.56. The third-order valence-electron chi connectivity index (χ3n) is 3.09. The number of anilines is 1. The van der Waals surface area contributed by atoms with Crippen LogP contribution in [0.1, 0.15) is 12.8 Å². The molecule has 1 atom stereocenters. The molecule has 1 saturated heterocycles. The van der Waals surface area contributed by atoms with Gasteiger partial charge in [0.2, 0.25) is 0 Å². The second-order valence-electron chi connectivity index (χ2n) is 4.57. The third kappa shape index (κ3) is 2.64. The van der Waals surface area contributed by atoms with Crippen LogP contribution in [0.5, 0.6) is 0 Å². The van der Waals surface area contributed by atoms with Crippen molar-refractivity contribution in [1.29, 1.82) is 0 Å². The number of para-hydroxylation sites is 1. The summed E-state index contributed by atoms with van der Waals surface area (Å²) < 4.78 is 23.3. The quantitative estimate of drug-likeness (QED) is 0.859. The number of aliphatic carboxylic acids is 1. The van der Waals surface area contributed by atoms with Crippen molar-refractivity contribution in [3.8, 4) is 0 Å². The van der Waals surface area contributed by atoms with Crippen LogP contribution >= 0.6 is 0 Å². The zero-order valence-electron chi connectivity index (χ0n) is 9.80. The molecule has 98 valence electrons. The maximum atomic E-state index is 11.7. The van der Waals surface area contributed by atoms with Crippen LogP contribution in [0, 0.1) is 0 Å². The van der Waals surface area contributed by atoms with Gasteiger partial charge in [0, 0.05) is 5.69 Å². The van der Waals surface area contributed by atoms with E-state index in [1.165, 1.54) is 0 Å². The summed E-state index contributed by atoms with van der Waals surface area (Å²) in [4.78, 5) is 11.4. The van der Waals surface area contributed by atoms with Crippen molar-refractivity contribution in [1.82, 2.24) is 0 Å². The van der Waals surface area contributed by atoms with Crippen molar-refractivity contribution in [2.24, 2.45) is 0 Å². The molecule has 1 aliphatic heterocycles. The van der Waals surface area contributed by atoms with Crippen molar-refractivity contribution in [3.05, 3.63) is 30.3 Å². The Morgan fingerprint density at radius 3 is 2.50 bits per heavy atom. The lowest BCUT2D eigenvalue weighted by atomic mass is 9.95. The van der Waals surface area contributed by atoms with Gasteiger partial charge < -0.3 is 10.4 Å². The minimum atomic E-state index is -3.30. The van der Waals surface area contributed by atoms with Gasteiger partial charge in [-0.1, -0.05) is 18.2 Å². The van der Waals surface area contributed by atoms with Gasteiger partial charge in [-0.15, -0.1) is 0 Å². The first kappa shape index (κ1) is 12.9. The highest BCUT2D eigenvalue weighted by Gasteiger charge is 2.45. The number of sulfone groups is 1. The molecule has 0 spiro atoms. The summed E-state index contributed by atoms with van der Waals surface area (Å²) in [6, 6.07) is 8.82. The molecule has 0 radical (unpaired) electrons. The Labute approximate surface area is 106 Å². The van der Waals surface area contributed by atoms with Crippen LogP contribution in [-0.2, 0) is 14.6 Å². The smallest absolute Gasteiger partial charge is 0.330 e. The van der Waals surface area contributed by atoms with E-state index in [0.29, 0.717) is 18.5 Å². The molecule has 1 aromatic rings. The highest BCUT2D eigenvalue weighted by atomic mass is 32.2. The largest absolute Gasteiger partial charge is 0.479 e. The number of carboxylic acid groups (broad SMARTS) is 1. The van der Waals surface area contributed by atoms with E-state index in [2.05, 4.69) is 5.32 Å². The molecule has 1 aliphatic rings. The summed E-state index contributed by atoms with van der Waals surface area (Å²) in [7, 11) is -3.30. The van der Waals surface area contributed by atoms with Gasteiger partial charge in [0.05, 0.1) is 11.5 Å². The lowest BCUT2D eigenvalue weighted by molar-refractivity contribution is -0.141. The second kappa shape index (κ2) is 4.61. The number of hydrogen-bond acceptors (Lipinski definition) is 4. The summed E-state index contributed by atoms with van der Waals surface area (Å²) in [5, 5.41) is 12.2. The van der Waals surface area contributed by atoms with Crippen molar-refractivity contribution in [3.63, 3.8) is 0 Å². The first-order valence-electron chi connectivity index (χ1n) is 5.71. The zero-order chi connectivity index (χ0) is 13.2. The number of carbonyl (C=O) groups is 1. The van der Waals surface area contributed by atoms with E-state index < -0.39 is 21.3 Å². The Kier molecular flexibility index (Phi) is 3.30. The summed E-state index contributed by atoms with van der Waals surface area (Å²) in [6.07, 6.45) is 0.685. The van der Waals surface area contributed by atoms with E-state index >= 15 is 0 Å². The molecule has 0 amide bonds. The Morgan fingerprint density at radius 1 is 1.28 bits per heavy atom. The number of carboxylic acids is 1. The molecule has 1 unspecified atom stereocenters. The van der Waals surface area contributed by atoms with Crippen LogP contribution in [0.2, 0.25) is 0 Å². The Morgan fingerprint density at radius 2 is 1.94 bits per heavy atom. The molecule has 6 heteroatoms. The van der Waals surface area contributed by atoms with Gasteiger partial charge in [0.25, 0.3) is 0 Å². The number of hydrogen-bond donors (Lipinski definition) is 2. The highest BCUT2D eigenvalue weighted by molar-refractivity contribution is 7.91. The molecule has 0 bridgehead atoms. The minimum absolute atomic E-state index is 0.0680. The number of benzene rings is 1. The lowest BCUT2D eigenvalue weighted by Gasteiger charge is -2.34. The predicted molar refractivity (Wildman–Crippen MR) is 68.3 cm³/mol. The number of nitrogens with one attached hydrogen (secondary N) is 1. The first-order valence-corrected chi connectivity index (χ1v) is 7.53. The van der Waals surface area contributed by atoms with Gasteiger partial charge in [-0.05, 0) is 25.0 Å². The second-order valence-corrected chi connectivity index (χ2v) is 6.76. The molecule has 2 rings (SSSR count). The highest BCUT2D eigenvalue weighted by Crippen LogP contribution is 2.27. The van der Waals surface area contributed by atoms with Crippen LogP contribution in [-0.4, -0.2) is 36.5 Å². The van der Waals surface area contributed by atoms with Gasteiger partial charge >= 0.3 is 5.97 Å². The fraction of sp³-hybridized carbons (Fsp3) is 0.417. The summed E-state index contributed by atoms with van der Waals surface area (Å²) >= 11 is 0. The van der Waals surface area contributed by atoms with E-state index in [1.54, 1.807) is 24.3 Å². The summed E-state index contributed by atoms with van der Waals surface area (Å²) in [5.74, 6) is -1.41. The van der Waals surface area contributed by atoms with E-state index in [0.717, 1.165) is 0 Å². The summed E-state index contributed by atoms with van der Waals surface area (Å²) in [5.41, 5.74) is -0.782. The Bertz CT molecular complexity index is 540. The fourth-order valence-electron chi connectivity index (χ4n) is 2.23. The molecule has 2 N–H and O–H groups in total. The maximum absolute atomic E-state index is 11.7. The molecule has 1 aromatic carbocycles. The fourth-order valence-corrected chi connectivity index (χ4v) is 4.05. The molecule has 0 saturated carbocycles. The molecular weight excluding hydrogens is 254 g/mol. The minimum Gasteiger partial charge on any atom is -0.479 e. The van der Waals surface area contributed by atoms with Gasteiger partial charge in [-0.2, -0.15) is 0 Å². The van der Waals surface area contributed by atoms with E-state index in [9.17, 15) is 18.3 Å². The molecule has 0 aromatic heterocycles. The van der Waals surface area contributed by atoms with Crippen LogP contribution < -0.4 is 5.32 Å². The predicted octanol–water partition coefficient (Wildman–Crippen LogP) is 1.13. The van der Waals surface area contributed by atoms with Crippen molar-refractivity contribution < 1.29 is 18.3 Å². The van der Waals surface area contributed by atoms with Gasteiger partial charge in [0.15, 0.2) is 9.84 Å². The van der Waals surface area contributed by atoms with E-state index in [1.807, 2.05) is 6.07 Å². The SMILES string of the molecule is O=C(O)C1(Nc2ccccc2)CCCS(=O)(=O)C1. The molecule has 5 nitrogen and oxygen atoms in total. The average Bonchev–Trinajstić information content (AvgIpc) is 2.28. The van der Waals surface area contributed by atoms with E-state index in [-0.39, 0.29) is 11.5 Å². The van der Waals surface area contributed by atoms with Crippen molar-refractivity contribution in [2.45, 2.75) is 18.4 Å². The molecule has 1 fully saturated rings. The molecule has 1 heterocycles. The topological polar surface area (TPSA) is 83.5 Å². The van der Waals surface area contributed by atoms with Gasteiger partial charge in [0.1, 0.15) is 5.54 Å². The average molecular weight is 269 g/mol. The van der Waals surface area contributed by atoms with Crippen LogP contribution in [0.15, 0.2) is 30.3 Å². The first-order chi connectivity index (χ1) is 8.44. The molecule has 18 heavy (non-hydrogen) atoms. The normalized spacial score (nSPS) is 26.4. The molecule has 0 aliphatic carbocycles. The Balaban J connectivity index is 2.31. The van der Waals surface area contributed by atoms with Crippen LogP contribution in [0.4, 0.5) is 5.69 Å². The molecular formula is C12H15NO4S. The maximum Gasteiger partial charge on any atom is 0.330 e. The number of rotatable bonds is 3. The van der Waals surface area contributed by atoms with Crippen LogP contribution in [0.25, 0.3) is 0 Å². The third-order valence-corrected chi connectivity index (χ3v) is 4.94. The standard InChI is InChI=1S/C12H15NO4S/c14-11(15)12(7-4-8-18(16,17)9-12)13-10-5-2-1-3-6-10/h1-3,5-6,13H,4,7-9H2,(H,14,15). The van der Waals surface area contributed by atoms with Crippen molar-refractivity contribution >= 4 is 21.5 Å². The monoisotopic (exact) mass is 269 g/mol. The van der Waals surface area contributed by atoms with Gasteiger partial charge in [-0.3, -0.25) is 0 Å². The lowest BCUT2D eigenvalue weighted by Crippen LogP contribution is -2.54. The van der Waals surface area contributed by atoms with Crippen molar-refractivity contribution in [2.75, 3.05) is 16.8 Å². The van der Waals surface area contributed by atoms with E-state index in [4.69, 9.17) is 0 Å². The van der Waals surface area contributed by atoms with Gasteiger partial charge in [-0.25, -0.2) is 13.2 Å². The summed E-state index contributed by atoms with van der Waals surface area (Å²) in [6.45, 7) is 0. The zero-order valence-corrected chi connectivity index (χ0v) is 10.6.